The molecule has 0 aliphatic rings. The second-order valence-electron chi connectivity index (χ2n) is 2.52. The van der Waals surface area contributed by atoms with Gasteiger partial charge in [0.25, 0.3) is 5.78 Å². The molecule has 15 heavy (non-hydrogen) atoms. The van der Waals surface area contributed by atoms with Crippen LogP contribution in [0.3, 0.4) is 0 Å². The molecule has 0 aromatic rings. The molecule has 0 amide bonds. The highest BCUT2D eigenvalue weighted by atomic mass is 19.4. The van der Waals surface area contributed by atoms with Gasteiger partial charge in [-0.1, -0.05) is 13.2 Å². The molecule has 0 saturated carbocycles. The SMILES string of the molecule is C=C(C#N)N(C)C.C=CC(=O)C(F)(F)F. The normalized spacial score (nSPS) is 9.07. The van der Waals surface area contributed by atoms with Crippen molar-refractivity contribution >= 4 is 5.78 Å². The summed E-state index contributed by atoms with van der Waals surface area (Å²) in [6, 6.07) is 1.90. The van der Waals surface area contributed by atoms with Gasteiger partial charge in [-0.05, 0) is 6.08 Å². The van der Waals surface area contributed by atoms with Crippen molar-refractivity contribution in [1.82, 2.24) is 4.90 Å². The molecule has 3 nitrogen and oxygen atoms in total. The fourth-order valence-electron chi connectivity index (χ4n) is 0.216. The molecule has 0 aliphatic carbocycles. The predicted molar refractivity (Wildman–Crippen MR) is 49.7 cm³/mol. The Morgan fingerprint density at radius 2 is 1.87 bits per heavy atom. The van der Waals surface area contributed by atoms with Crippen molar-refractivity contribution in [2.45, 2.75) is 6.18 Å². The van der Waals surface area contributed by atoms with E-state index in [0.29, 0.717) is 5.70 Å². The summed E-state index contributed by atoms with van der Waals surface area (Å²) >= 11 is 0. The van der Waals surface area contributed by atoms with Gasteiger partial charge < -0.3 is 4.90 Å². The first kappa shape index (κ1) is 15.7. The average Bonchev–Trinajstić information content (AvgIpc) is 2.14. The van der Waals surface area contributed by atoms with Gasteiger partial charge in [-0.25, -0.2) is 0 Å². The van der Waals surface area contributed by atoms with Crippen LogP contribution in [-0.4, -0.2) is 31.0 Å². The van der Waals surface area contributed by atoms with E-state index in [9.17, 15) is 18.0 Å². The first-order chi connectivity index (χ1) is 6.66. The molecule has 0 N–H and O–H groups in total. The van der Waals surface area contributed by atoms with Gasteiger partial charge in [-0.15, -0.1) is 0 Å². The molecule has 0 aromatic carbocycles. The maximum atomic E-state index is 11.0. The Labute approximate surface area is 86.1 Å². The third kappa shape index (κ3) is 8.56. The van der Waals surface area contributed by atoms with Crippen LogP contribution < -0.4 is 0 Å². The summed E-state index contributed by atoms with van der Waals surface area (Å²) in [6.07, 6.45) is -4.51. The summed E-state index contributed by atoms with van der Waals surface area (Å²) < 4.78 is 33.1. The molecule has 0 radical (unpaired) electrons. The van der Waals surface area contributed by atoms with E-state index in [1.807, 2.05) is 6.07 Å². The van der Waals surface area contributed by atoms with E-state index in [0.717, 1.165) is 0 Å². The van der Waals surface area contributed by atoms with Crippen molar-refractivity contribution in [2.75, 3.05) is 14.1 Å². The molecular formula is C9H11F3N2O. The molecule has 0 rings (SSSR count). The highest BCUT2D eigenvalue weighted by Gasteiger charge is 2.35. The molecule has 0 atom stereocenters. The van der Waals surface area contributed by atoms with E-state index >= 15 is 0 Å². The van der Waals surface area contributed by atoms with E-state index in [1.54, 1.807) is 19.0 Å². The molecular weight excluding hydrogens is 209 g/mol. The fourth-order valence-corrected chi connectivity index (χ4v) is 0.216. The minimum absolute atomic E-state index is 0.236. The van der Waals surface area contributed by atoms with Crippen LogP contribution in [0.25, 0.3) is 0 Å². The molecule has 0 bridgehead atoms. The smallest absolute Gasteiger partial charge is 0.370 e. The monoisotopic (exact) mass is 220 g/mol. The number of carbonyl (C=O) groups is 1. The zero-order valence-corrected chi connectivity index (χ0v) is 8.43. The molecule has 0 saturated heterocycles. The molecule has 0 fully saturated rings. The Morgan fingerprint density at radius 3 is 1.87 bits per heavy atom. The van der Waals surface area contributed by atoms with E-state index in [2.05, 4.69) is 13.2 Å². The topological polar surface area (TPSA) is 44.1 Å². The average molecular weight is 220 g/mol. The highest BCUT2D eigenvalue weighted by molar-refractivity contribution is 5.93. The largest absolute Gasteiger partial charge is 0.454 e. The first-order valence-corrected chi connectivity index (χ1v) is 3.66. The quantitative estimate of drug-likeness (QED) is 0.527. The van der Waals surface area contributed by atoms with Crippen molar-refractivity contribution in [2.24, 2.45) is 0 Å². The molecule has 0 unspecified atom stereocenters. The van der Waals surface area contributed by atoms with Gasteiger partial charge in [-0.2, -0.15) is 18.4 Å². The number of ketones is 1. The third-order valence-corrected chi connectivity index (χ3v) is 1.13. The lowest BCUT2D eigenvalue weighted by Gasteiger charge is -2.05. The molecule has 0 aromatic heterocycles. The number of rotatable bonds is 2. The number of hydrogen-bond donors (Lipinski definition) is 0. The van der Waals surface area contributed by atoms with Crippen molar-refractivity contribution in [3.63, 3.8) is 0 Å². The Morgan fingerprint density at radius 1 is 1.47 bits per heavy atom. The summed E-state index contributed by atoms with van der Waals surface area (Å²) in [5.41, 5.74) is 0.486. The van der Waals surface area contributed by atoms with Crippen molar-refractivity contribution in [3.8, 4) is 6.07 Å². The molecule has 84 valence electrons. The van der Waals surface area contributed by atoms with E-state index in [4.69, 9.17) is 5.26 Å². The lowest BCUT2D eigenvalue weighted by atomic mass is 10.4. The van der Waals surface area contributed by atoms with Gasteiger partial charge in [-0.3, -0.25) is 4.79 Å². The van der Waals surface area contributed by atoms with Crippen LogP contribution in [0.2, 0.25) is 0 Å². The molecule has 0 heterocycles. The van der Waals surface area contributed by atoms with Crippen LogP contribution in [-0.2, 0) is 4.79 Å². The Balaban J connectivity index is 0. The number of nitriles is 1. The van der Waals surface area contributed by atoms with E-state index in [-0.39, 0.29) is 6.08 Å². The van der Waals surface area contributed by atoms with Crippen LogP contribution in [0.4, 0.5) is 13.2 Å². The standard InChI is InChI=1S/C5H8N2.C4H3F3O/c1-5(4-6)7(2)3;1-2-3(8)4(5,6)7/h1H2,2-3H3;2H,1H2. The maximum Gasteiger partial charge on any atom is 0.454 e. The summed E-state index contributed by atoms with van der Waals surface area (Å²) in [7, 11) is 3.57. The second-order valence-corrected chi connectivity index (χ2v) is 2.52. The predicted octanol–water partition coefficient (Wildman–Crippen LogP) is 1.89. The van der Waals surface area contributed by atoms with Crippen LogP contribution in [0.5, 0.6) is 0 Å². The van der Waals surface area contributed by atoms with Gasteiger partial charge in [0.05, 0.1) is 0 Å². The Bertz CT molecular complexity index is 287. The van der Waals surface area contributed by atoms with Gasteiger partial charge >= 0.3 is 6.18 Å². The van der Waals surface area contributed by atoms with Gasteiger partial charge in [0.2, 0.25) is 0 Å². The Hall–Kier alpha value is -1.77. The summed E-state index contributed by atoms with van der Waals surface area (Å²) in [5, 5.41) is 8.11. The number of nitrogens with zero attached hydrogens (tertiary/aromatic N) is 2. The number of hydrogen-bond acceptors (Lipinski definition) is 3. The number of carbonyl (C=O) groups excluding carboxylic acids is 1. The molecule has 0 spiro atoms. The highest BCUT2D eigenvalue weighted by Crippen LogP contribution is 2.15. The molecule has 0 aliphatic heterocycles. The van der Waals surface area contributed by atoms with Crippen molar-refractivity contribution in [3.05, 3.63) is 24.9 Å². The summed E-state index contributed by atoms with van der Waals surface area (Å²) in [5.74, 6) is -1.91. The number of allylic oxidation sites excluding steroid dienone is 2. The maximum absolute atomic E-state index is 11.0. The van der Waals surface area contributed by atoms with Crippen LogP contribution in [0, 0.1) is 11.3 Å². The molecule has 6 heteroatoms. The van der Waals surface area contributed by atoms with Gasteiger partial charge in [0.15, 0.2) is 0 Å². The zero-order chi connectivity index (χ0) is 12.6. The number of halogens is 3. The Kier molecular flexibility index (Phi) is 6.96. The van der Waals surface area contributed by atoms with Crippen LogP contribution in [0.15, 0.2) is 24.9 Å². The number of alkyl halides is 3. The second kappa shape index (κ2) is 6.65. The minimum Gasteiger partial charge on any atom is -0.370 e. The van der Waals surface area contributed by atoms with Crippen LogP contribution >= 0.6 is 0 Å². The van der Waals surface area contributed by atoms with Crippen molar-refractivity contribution in [1.29, 1.82) is 5.26 Å². The summed E-state index contributed by atoms with van der Waals surface area (Å²) in [4.78, 5) is 11.3. The summed E-state index contributed by atoms with van der Waals surface area (Å²) in [6.45, 7) is 6.10. The first-order valence-electron chi connectivity index (χ1n) is 3.66. The fraction of sp³-hybridized carbons (Fsp3) is 0.333. The van der Waals surface area contributed by atoms with Crippen molar-refractivity contribution < 1.29 is 18.0 Å². The van der Waals surface area contributed by atoms with Gasteiger partial charge in [0.1, 0.15) is 11.8 Å². The zero-order valence-electron chi connectivity index (χ0n) is 8.43. The van der Waals surface area contributed by atoms with E-state index in [1.165, 1.54) is 0 Å². The van der Waals surface area contributed by atoms with Gasteiger partial charge in [0, 0.05) is 14.1 Å². The minimum atomic E-state index is -4.75. The lowest BCUT2D eigenvalue weighted by molar-refractivity contribution is -0.165. The van der Waals surface area contributed by atoms with E-state index < -0.39 is 12.0 Å². The third-order valence-electron chi connectivity index (χ3n) is 1.13. The lowest BCUT2D eigenvalue weighted by Crippen LogP contribution is -2.19. The van der Waals surface area contributed by atoms with Crippen LogP contribution in [0.1, 0.15) is 0 Å².